The molecule has 0 spiro atoms. The molecule has 1 radical (unpaired) electrons. The Morgan fingerprint density at radius 1 is 1.67 bits per heavy atom. The van der Waals surface area contributed by atoms with E-state index >= 15 is 0 Å². The van der Waals surface area contributed by atoms with Gasteiger partial charge >= 0.3 is 0 Å². The number of unbranched alkanes of at least 4 members (excludes halogenated alkanes) is 1. The summed E-state index contributed by atoms with van der Waals surface area (Å²) < 4.78 is 0. The van der Waals surface area contributed by atoms with Crippen LogP contribution in [0.5, 0.6) is 0 Å². The van der Waals surface area contributed by atoms with E-state index in [9.17, 15) is 0 Å². The van der Waals surface area contributed by atoms with E-state index < -0.39 is 0 Å². The van der Waals surface area contributed by atoms with E-state index in [0.717, 1.165) is 6.42 Å². The third-order valence-corrected chi connectivity index (χ3v) is 0.418. The van der Waals surface area contributed by atoms with Crippen molar-refractivity contribution in [1.82, 2.24) is 0 Å². The Hall–Kier alpha value is 1.06. The summed E-state index contributed by atoms with van der Waals surface area (Å²) in [5.74, 6) is 0. The molecule has 0 aromatic heterocycles. The van der Waals surface area contributed by atoms with Gasteiger partial charge in [-0.05, 0) is 0 Å². The number of aliphatic hydroxyl groups excluding tert-OH is 1. The van der Waals surface area contributed by atoms with Crippen LogP contribution in [0.3, 0.4) is 0 Å². The molecule has 0 aliphatic heterocycles. The first-order chi connectivity index (χ1) is 2.41. The summed E-state index contributed by atoms with van der Waals surface area (Å²) in [4.78, 5) is 0. The fraction of sp³-hybridized carbons (Fsp3) is 0.750. The molecule has 35 valence electrons. The van der Waals surface area contributed by atoms with Gasteiger partial charge in [0.25, 0.3) is 0 Å². The normalized spacial score (nSPS) is 7.00. The SMILES string of the molecule is C[CH-]CCO.[Y]. The molecule has 0 fully saturated rings. The number of aliphatic hydroxyl groups is 1. The molecule has 2 heteroatoms. The standard InChI is InChI=1S/C4H9O.Y/c1-2-3-4-5;/h2,5H,3-4H2,1H3;/q-1;. The monoisotopic (exact) mass is 162 g/mol. The molecule has 1 N–H and O–H groups in total. The van der Waals surface area contributed by atoms with Crippen molar-refractivity contribution < 1.29 is 37.8 Å². The molecule has 0 atom stereocenters. The fourth-order valence-corrected chi connectivity index (χ4v) is 0.129. The summed E-state index contributed by atoms with van der Waals surface area (Å²) in [5.41, 5.74) is 0. The van der Waals surface area contributed by atoms with Gasteiger partial charge in [-0.2, -0.15) is 13.3 Å². The van der Waals surface area contributed by atoms with E-state index in [2.05, 4.69) is 0 Å². The van der Waals surface area contributed by atoms with Crippen LogP contribution in [-0.4, -0.2) is 11.7 Å². The Balaban J connectivity index is 0. The van der Waals surface area contributed by atoms with Crippen molar-refractivity contribution in [2.24, 2.45) is 0 Å². The molecule has 0 aromatic rings. The van der Waals surface area contributed by atoms with Crippen molar-refractivity contribution in [1.29, 1.82) is 0 Å². The van der Waals surface area contributed by atoms with Crippen molar-refractivity contribution in [3.63, 3.8) is 0 Å². The molecule has 0 aliphatic rings. The van der Waals surface area contributed by atoms with E-state index in [1.54, 1.807) is 0 Å². The van der Waals surface area contributed by atoms with E-state index in [1.165, 1.54) is 0 Å². The van der Waals surface area contributed by atoms with Gasteiger partial charge in [-0.1, -0.05) is 0 Å². The Morgan fingerprint density at radius 3 is 2.17 bits per heavy atom. The van der Waals surface area contributed by atoms with E-state index in [4.69, 9.17) is 5.11 Å². The minimum absolute atomic E-state index is 0. The first-order valence-electron chi connectivity index (χ1n) is 1.80. The van der Waals surface area contributed by atoms with Crippen LogP contribution in [0.4, 0.5) is 0 Å². The predicted molar refractivity (Wildman–Crippen MR) is 21.7 cm³/mol. The molecule has 0 unspecified atom stereocenters. The molecular formula is C4H9OY-. The second kappa shape index (κ2) is 9.42. The third kappa shape index (κ3) is 8.91. The molecule has 0 rings (SSSR count). The smallest absolute Gasteiger partial charge is 0.0161 e. The van der Waals surface area contributed by atoms with Gasteiger partial charge in [0.05, 0.1) is 0 Å². The van der Waals surface area contributed by atoms with Crippen LogP contribution in [0.15, 0.2) is 0 Å². The third-order valence-electron chi connectivity index (χ3n) is 0.418. The van der Waals surface area contributed by atoms with Gasteiger partial charge in [-0.25, -0.2) is 0 Å². The Morgan fingerprint density at radius 2 is 2.17 bits per heavy atom. The largest absolute Gasteiger partial charge is 0.399 e. The number of rotatable bonds is 2. The van der Waals surface area contributed by atoms with Crippen molar-refractivity contribution in [3.05, 3.63) is 6.42 Å². The molecular weight excluding hydrogens is 153 g/mol. The Kier molecular flexibility index (Phi) is 15.9. The zero-order chi connectivity index (χ0) is 4.12. The molecule has 0 saturated heterocycles. The van der Waals surface area contributed by atoms with Gasteiger partial charge in [-0.3, -0.25) is 0 Å². The molecule has 6 heavy (non-hydrogen) atoms. The van der Waals surface area contributed by atoms with Gasteiger partial charge in [0, 0.05) is 39.3 Å². The minimum Gasteiger partial charge on any atom is -0.399 e. The molecule has 0 saturated carbocycles. The van der Waals surface area contributed by atoms with Gasteiger partial charge in [0.15, 0.2) is 0 Å². The van der Waals surface area contributed by atoms with Crippen molar-refractivity contribution in [2.45, 2.75) is 13.3 Å². The number of hydrogen-bond acceptors (Lipinski definition) is 1. The summed E-state index contributed by atoms with van der Waals surface area (Å²) in [6.45, 7) is 2.22. The van der Waals surface area contributed by atoms with E-state index in [1.807, 2.05) is 13.3 Å². The van der Waals surface area contributed by atoms with Crippen molar-refractivity contribution in [3.8, 4) is 0 Å². The Bertz CT molecular complexity index is 15.0. The molecule has 0 bridgehead atoms. The quantitative estimate of drug-likeness (QED) is 0.589. The average molecular weight is 162 g/mol. The zero-order valence-electron chi connectivity index (χ0n) is 4.02. The van der Waals surface area contributed by atoms with Gasteiger partial charge in [0.1, 0.15) is 0 Å². The Labute approximate surface area is 64.0 Å². The summed E-state index contributed by atoms with van der Waals surface area (Å²) >= 11 is 0. The summed E-state index contributed by atoms with van der Waals surface area (Å²) in [6, 6.07) is 0. The predicted octanol–water partition coefficient (Wildman–Crippen LogP) is 0.590. The van der Waals surface area contributed by atoms with Crippen LogP contribution >= 0.6 is 0 Å². The minimum atomic E-state index is 0. The van der Waals surface area contributed by atoms with Gasteiger partial charge in [0.2, 0.25) is 0 Å². The van der Waals surface area contributed by atoms with Crippen molar-refractivity contribution in [2.75, 3.05) is 6.61 Å². The second-order valence-electron chi connectivity index (χ2n) is 0.921. The van der Waals surface area contributed by atoms with E-state index in [0.29, 0.717) is 0 Å². The van der Waals surface area contributed by atoms with Crippen LogP contribution < -0.4 is 0 Å². The maximum atomic E-state index is 8.04. The summed E-state index contributed by atoms with van der Waals surface area (Å²) in [6.07, 6.45) is 2.75. The maximum absolute atomic E-state index is 8.04. The molecule has 0 amide bonds. The first-order valence-corrected chi connectivity index (χ1v) is 1.80. The first kappa shape index (κ1) is 10.1. The molecule has 0 aromatic carbocycles. The van der Waals surface area contributed by atoms with Gasteiger partial charge in [-0.15, -0.1) is 0 Å². The summed E-state index contributed by atoms with van der Waals surface area (Å²) in [5, 5.41) is 8.04. The van der Waals surface area contributed by atoms with Crippen LogP contribution in [-0.2, 0) is 32.7 Å². The summed E-state index contributed by atoms with van der Waals surface area (Å²) in [7, 11) is 0. The van der Waals surface area contributed by atoms with E-state index in [-0.39, 0.29) is 39.3 Å². The van der Waals surface area contributed by atoms with Crippen molar-refractivity contribution >= 4 is 0 Å². The van der Waals surface area contributed by atoms with Crippen LogP contribution in [0.1, 0.15) is 13.3 Å². The van der Waals surface area contributed by atoms with Crippen LogP contribution in [0.25, 0.3) is 0 Å². The molecule has 0 heterocycles. The molecule has 1 nitrogen and oxygen atoms in total. The molecule has 0 aliphatic carbocycles. The second-order valence-corrected chi connectivity index (χ2v) is 0.921. The zero-order valence-corrected chi connectivity index (χ0v) is 6.85. The van der Waals surface area contributed by atoms with Crippen LogP contribution in [0, 0.1) is 6.42 Å². The number of hydrogen-bond donors (Lipinski definition) is 1. The average Bonchev–Trinajstić information content (AvgIpc) is 1.41. The topological polar surface area (TPSA) is 20.2 Å². The van der Waals surface area contributed by atoms with Crippen LogP contribution in [0.2, 0.25) is 0 Å². The van der Waals surface area contributed by atoms with Gasteiger partial charge < -0.3 is 11.5 Å². The fourth-order valence-electron chi connectivity index (χ4n) is 0.129. The maximum Gasteiger partial charge on any atom is 0.0161 e.